The van der Waals surface area contributed by atoms with Crippen LogP contribution in [0.3, 0.4) is 0 Å². The number of nitrogens with zero attached hydrogens (tertiary/aromatic N) is 5. The molecule has 0 spiro atoms. The minimum atomic E-state index is -3.69. The van der Waals surface area contributed by atoms with E-state index in [9.17, 15) is 8.42 Å². The van der Waals surface area contributed by atoms with Gasteiger partial charge in [0.15, 0.2) is 11.3 Å². The van der Waals surface area contributed by atoms with Crippen molar-refractivity contribution < 1.29 is 8.42 Å². The maximum Gasteiger partial charge on any atom is 0.269 e. The zero-order valence-electron chi connectivity index (χ0n) is 15.1. The molecule has 0 saturated heterocycles. The summed E-state index contributed by atoms with van der Waals surface area (Å²) < 4.78 is 28.4. The third-order valence-corrected chi connectivity index (χ3v) is 6.45. The highest BCUT2D eigenvalue weighted by Gasteiger charge is 2.20. The first-order valence-electron chi connectivity index (χ1n) is 9.05. The fourth-order valence-corrected chi connectivity index (χ4v) is 4.54. The van der Waals surface area contributed by atoms with Crippen LogP contribution < -0.4 is 0 Å². The second-order valence-corrected chi connectivity index (χ2v) is 8.54. The first kappa shape index (κ1) is 17.7. The van der Waals surface area contributed by atoms with Gasteiger partial charge in [-0.05, 0) is 25.1 Å². The lowest BCUT2D eigenvalue weighted by atomic mass is 10.2. The highest BCUT2D eigenvalue weighted by atomic mass is 32.2. The lowest BCUT2D eigenvalue weighted by Crippen LogP contribution is -2.12. The summed E-state index contributed by atoms with van der Waals surface area (Å²) in [6, 6.07) is 8.40. The number of aryl methyl sites for hydroxylation is 1. The molecule has 8 heteroatoms. The zero-order chi connectivity index (χ0) is 18.9. The number of hydrogen-bond acceptors (Lipinski definition) is 5. The van der Waals surface area contributed by atoms with Gasteiger partial charge < -0.3 is 0 Å². The maximum absolute atomic E-state index is 12.8. The van der Waals surface area contributed by atoms with Gasteiger partial charge in [0.25, 0.3) is 10.0 Å². The smallest absolute Gasteiger partial charge is 0.269 e. The van der Waals surface area contributed by atoms with Crippen molar-refractivity contribution in [1.82, 2.24) is 23.6 Å². The molecule has 1 aliphatic rings. The Kier molecular flexibility index (Phi) is 4.65. The van der Waals surface area contributed by atoms with E-state index >= 15 is 0 Å². The van der Waals surface area contributed by atoms with E-state index in [1.165, 1.54) is 54.8 Å². The molecule has 1 fully saturated rings. The Labute approximate surface area is 157 Å². The Balaban J connectivity index is 0.000000314. The summed E-state index contributed by atoms with van der Waals surface area (Å²) in [7, 11) is -3.69. The molecule has 3 aromatic heterocycles. The Morgan fingerprint density at radius 2 is 1.63 bits per heavy atom. The summed E-state index contributed by atoms with van der Waals surface area (Å²) in [6.07, 6.45) is 12.0. The molecule has 140 valence electrons. The molecule has 27 heavy (non-hydrogen) atoms. The molecule has 5 rings (SSSR count). The van der Waals surface area contributed by atoms with Crippen LogP contribution in [0.2, 0.25) is 0 Å². The van der Waals surface area contributed by atoms with Crippen LogP contribution in [0.4, 0.5) is 0 Å². The number of hydrogen-bond donors (Lipinski definition) is 0. The molecule has 0 atom stereocenters. The molecule has 0 N–H and O–H groups in total. The van der Waals surface area contributed by atoms with Crippen molar-refractivity contribution in [2.75, 3.05) is 0 Å². The molecule has 0 aliphatic heterocycles. The quantitative estimate of drug-likeness (QED) is 0.528. The second kappa shape index (κ2) is 7.11. The van der Waals surface area contributed by atoms with E-state index in [1.54, 1.807) is 34.7 Å². The van der Waals surface area contributed by atoms with Crippen LogP contribution in [-0.4, -0.2) is 32.0 Å². The predicted molar refractivity (Wildman–Crippen MR) is 103 cm³/mol. The van der Waals surface area contributed by atoms with Crippen molar-refractivity contribution >= 4 is 26.8 Å². The average molecular weight is 383 g/mol. The highest BCUT2D eigenvalue weighted by molar-refractivity contribution is 7.90. The normalized spacial score (nSPS) is 14.4. The van der Waals surface area contributed by atoms with Crippen molar-refractivity contribution in [2.24, 2.45) is 0 Å². The summed E-state index contributed by atoms with van der Waals surface area (Å²) in [5, 5.41) is 7.70. The Morgan fingerprint density at radius 3 is 2.30 bits per heavy atom. The van der Waals surface area contributed by atoms with Crippen LogP contribution in [0.25, 0.3) is 16.8 Å². The van der Waals surface area contributed by atoms with Gasteiger partial charge >= 0.3 is 0 Å². The van der Waals surface area contributed by atoms with Gasteiger partial charge in [-0.15, -0.1) is 10.2 Å². The Morgan fingerprint density at radius 1 is 0.963 bits per heavy atom. The van der Waals surface area contributed by atoms with Crippen molar-refractivity contribution in [1.29, 1.82) is 0 Å². The molecule has 0 amide bonds. The van der Waals surface area contributed by atoms with Crippen molar-refractivity contribution in [2.45, 2.75) is 43.9 Å². The third kappa shape index (κ3) is 3.32. The summed E-state index contributed by atoms with van der Waals surface area (Å²) in [5.41, 5.74) is 2.55. The lowest BCUT2D eigenvalue weighted by molar-refractivity contribution is 0.588. The van der Waals surface area contributed by atoms with Crippen LogP contribution in [0.5, 0.6) is 0 Å². The molecule has 1 aliphatic carbocycles. The first-order valence-corrected chi connectivity index (χ1v) is 10.5. The fraction of sp³-hybridized carbons (Fsp3) is 0.316. The Hall–Kier alpha value is -2.74. The summed E-state index contributed by atoms with van der Waals surface area (Å²) in [5.74, 6) is 0. The monoisotopic (exact) mass is 383 g/mol. The van der Waals surface area contributed by atoms with Crippen LogP contribution in [0.15, 0.2) is 53.9 Å². The standard InChI is InChI=1S/C14H11N5O2S.C5H10/c1-10-2-4-11(5-3-10)22(20,21)19-7-6-12-14(19)15-8-13-17-16-9-18(12)13;1-2-4-5-3-1/h2-9H,1H3;1-5H2. The van der Waals surface area contributed by atoms with E-state index in [0.29, 0.717) is 16.8 Å². The van der Waals surface area contributed by atoms with Gasteiger partial charge in [-0.1, -0.05) is 49.8 Å². The van der Waals surface area contributed by atoms with Gasteiger partial charge in [0, 0.05) is 6.20 Å². The zero-order valence-corrected chi connectivity index (χ0v) is 15.9. The van der Waals surface area contributed by atoms with Gasteiger partial charge in [0.2, 0.25) is 0 Å². The third-order valence-electron chi connectivity index (χ3n) is 4.77. The summed E-state index contributed by atoms with van der Waals surface area (Å²) >= 11 is 0. The topological polar surface area (TPSA) is 82.1 Å². The number of aromatic nitrogens is 5. The molecule has 0 unspecified atom stereocenters. The predicted octanol–water partition coefficient (Wildman–Crippen LogP) is 3.57. The van der Waals surface area contributed by atoms with E-state index in [0.717, 1.165) is 5.56 Å². The molecular weight excluding hydrogens is 362 g/mol. The Bertz CT molecular complexity index is 1160. The molecular formula is C19H21N5O2S. The average Bonchev–Trinajstić information content (AvgIpc) is 3.42. The van der Waals surface area contributed by atoms with Gasteiger partial charge in [0.1, 0.15) is 6.33 Å². The lowest BCUT2D eigenvalue weighted by Gasteiger charge is -2.07. The van der Waals surface area contributed by atoms with Gasteiger partial charge in [-0.2, -0.15) is 0 Å². The van der Waals surface area contributed by atoms with E-state index in [4.69, 9.17) is 0 Å². The number of fused-ring (bicyclic) bond motifs is 3. The molecule has 3 heterocycles. The van der Waals surface area contributed by atoms with Crippen molar-refractivity contribution in [3.63, 3.8) is 0 Å². The van der Waals surface area contributed by atoms with Crippen LogP contribution in [0.1, 0.15) is 37.7 Å². The van der Waals surface area contributed by atoms with Gasteiger partial charge in [-0.25, -0.2) is 17.4 Å². The van der Waals surface area contributed by atoms with E-state index in [1.807, 2.05) is 6.92 Å². The summed E-state index contributed by atoms with van der Waals surface area (Å²) in [4.78, 5) is 4.43. The fourth-order valence-electron chi connectivity index (χ4n) is 3.25. The van der Waals surface area contributed by atoms with Crippen LogP contribution >= 0.6 is 0 Å². The maximum atomic E-state index is 12.8. The molecule has 4 aromatic rings. The highest BCUT2D eigenvalue weighted by Crippen LogP contribution is 2.21. The van der Waals surface area contributed by atoms with Crippen LogP contribution in [-0.2, 0) is 10.0 Å². The van der Waals surface area contributed by atoms with Gasteiger partial charge in [-0.3, -0.25) is 4.40 Å². The number of benzene rings is 1. The SMILES string of the molecule is C1CCCC1.Cc1ccc(S(=O)(=O)n2ccc3c2ncc2nncn23)cc1. The molecule has 1 saturated carbocycles. The minimum Gasteiger partial charge on any atom is -0.277 e. The number of rotatable bonds is 2. The molecule has 0 radical (unpaired) electrons. The van der Waals surface area contributed by atoms with E-state index in [2.05, 4.69) is 15.2 Å². The molecule has 0 bridgehead atoms. The van der Waals surface area contributed by atoms with E-state index < -0.39 is 10.0 Å². The largest absolute Gasteiger partial charge is 0.277 e. The van der Waals surface area contributed by atoms with Crippen LogP contribution in [0, 0.1) is 6.92 Å². The van der Waals surface area contributed by atoms with Gasteiger partial charge in [0.05, 0.1) is 16.6 Å². The van der Waals surface area contributed by atoms with Crippen molar-refractivity contribution in [3.8, 4) is 0 Å². The minimum absolute atomic E-state index is 0.223. The second-order valence-electron chi connectivity index (χ2n) is 6.72. The first-order chi connectivity index (χ1) is 13.1. The molecule has 1 aromatic carbocycles. The summed E-state index contributed by atoms with van der Waals surface area (Å²) in [6.45, 7) is 1.91. The van der Waals surface area contributed by atoms with E-state index in [-0.39, 0.29) is 4.90 Å². The van der Waals surface area contributed by atoms with Crippen molar-refractivity contribution in [3.05, 3.63) is 54.6 Å². The molecule has 7 nitrogen and oxygen atoms in total.